The molecule has 0 radical (unpaired) electrons. The topological polar surface area (TPSA) is 116 Å². The highest BCUT2D eigenvalue weighted by atomic mass is 16.5. The van der Waals surface area contributed by atoms with Crippen molar-refractivity contribution in [2.24, 2.45) is 0 Å². The zero-order valence-electron chi connectivity index (χ0n) is 24.1. The minimum Gasteiger partial charge on any atom is -0.495 e. The van der Waals surface area contributed by atoms with Gasteiger partial charge in [0.1, 0.15) is 35.8 Å². The van der Waals surface area contributed by atoms with Gasteiger partial charge in [0.15, 0.2) is 34.2 Å². The largest absolute Gasteiger partial charge is 0.495 e. The summed E-state index contributed by atoms with van der Waals surface area (Å²) in [5, 5.41) is 1.19. The number of fused-ring (bicyclic) bond motifs is 2. The van der Waals surface area contributed by atoms with Crippen molar-refractivity contribution in [3.05, 3.63) is 71.2 Å². The van der Waals surface area contributed by atoms with E-state index in [0.717, 1.165) is 11.1 Å². The van der Waals surface area contributed by atoms with Gasteiger partial charge in [-0.2, -0.15) is 0 Å². The van der Waals surface area contributed by atoms with E-state index in [1.165, 1.54) is 54.8 Å². The van der Waals surface area contributed by atoms with E-state index in [4.69, 9.17) is 37.3 Å². The Morgan fingerprint density at radius 2 is 0.952 bits per heavy atom. The second kappa shape index (κ2) is 11.8. The Hall–Kier alpha value is -5.12. The summed E-state index contributed by atoms with van der Waals surface area (Å²) in [4.78, 5) is 25.5. The highest BCUT2D eigenvalue weighted by Gasteiger charge is 2.29. The maximum Gasteiger partial charge on any atom is 0.205 e. The fourth-order valence-corrected chi connectivity index (χ4v) is 5.09. The van der Waals surface area contributed by atoms with Crippen molar-refractivity contribution >= 4 is 33.5 Å². The number of hydrogen-bond acceptors (Lipinski definition) is 10. The molecule has 5 aromatic rings. The first-order valence-electron chi connectivity index (χ1n) is 13.0. The molecule has 2 heterocycles. The fraction of sp³-hybridized carbons (Fsp3) is 0.250. The minimum absolute atomic E-state index is 0.0583. The first-order chi connectivity index (χ1) is 20.4. The van der Waals surface area contributed by atoms with Gasteiger partial charge in [-0.15, -0.1) is 0 Å². The molecular weight excluding hydrogens is 544 g/mol. The van der Waals surface area contributed by atoms with Crippen LogP contribution in [0.2, 0.25) is 0 Å². The van der Waals surface area contributed by atoms with Gasteiger partial charge < -0.3 is 37.3 Å². The summed E-state index contributed by atoms with van der Waals surface area (Å²) >= 11 is 0. The third-order valence-electron chi connectivity index (χ3n) is 6.94. The van der Waals surface area contributed by atoms with E-state index in [9.17, 15) is 9.59 Å². The molecule has 0 unspecified atom stereocenters. The smallest absolute Gasteiger partial charge is 0.205 e. The second-order valence-electron chi connectivity index (χ2n) is 9.33. The fourth-order valence-electron chi connectivity index (χ4n) is 5.09. The first-order valence-corrected chi connectivity index (χ1v) is 13.0. The van der Waals surface area contributed by atoms with E-state index in [1.54, 1.807) is 12.1 Å². The van der Waals surface area contributed by atoms with E-state index >= 15 is 0 Å². The van der Waals surface area contributed by atoms with Gasteiger partial charge in [-0.3, -0.25) is 9.59 Å². The van der Waals surface area contributed by atoms with Gasteiger partial charge in [0, 0.05) is 0 Å². The van der Waals surface area contributed by atoms with E-state index in [0.29, 0.717) is 33.4 Å². The van der Waals surface area contributed by atoms with Crippen LogP contribution in [0.5, 0.6) is 34.5 Å². The number of methoxy groups -OCH3 is 4. The predicted octanol–water partition coefficient (Wildman–Crippen LogP) is 6.78. The number of carbonyl (C=O) groups excluding carboxylic acids is 2. The van der Waals surface area contributed by atoms with E-state index < -0.39 is 0 Å². The van der Waals surface area contributed by atoms with Gasteiger partial charge in [0.25, 0.3) is 0 Å². The van der Waals surface area contributed by atoms with E-state index in [2.05, 4.69) is 0 Å². The van der Waals surface area contributed by atoms with Crippen LogP contribution < -0.4 is 28.4 Å². The molecule has 3 aromatic carbocycles. The monoisotopic (exact) mass is 574 g/mol. The normalized spacial score (nSPS) is 11.0. The molecular formula is C32H30O10. The van der Waals surface area contributed by atoms with Crippen molar-refractivity contribution in [2.75, 3.05) is 28.4 Å². The molecule has 0 N–H and O–H groups in total. The van der Waals surface area contributed by atoms with Crippen LogP contribution in [0.25, 0.3) is 21.9 Å². The molecule has 2 aromatic heterocycles. The van der Waals surface area contributed by atoms with Crippen molar-refractivity contribution in [1.29, 1.82) is 0 Å². The number of ether oxygens (including phenoxy) is 6. The summed E-state index contributed by atoms with van der Waals surface area (Å²) in [5.41, 5.74) is 2.82. The Morgan fingerprint density at radius 3 is 1.29 bits per heavy atom. The van der Waals surface area contributed by atoms with Crippen LogP contribution in [-0.4, -0.2) is 40.0 Å². The lowest BCUT2D eigenvalue weighted by Gasteiger charge is -2.20. The lowest BCUT2D eigenvalue weighted by Crippen LogP contribution is -2.10. The molecule has 10 nitrogen and oxygen atoms in total. The molecule has 10 heteroatoms. The molecule has 5 rings (SSSR count). The standard InChI is InChI=1S/C32H30O10/c1-17(33)23-25(35-3)21-11-13-39-27(21)31(37-5)29(23)41-15-19-9-7-8-10-20(19)16-42-30-24(18(2)34)26(36-4)22-12-14-40-28(22)32(30)38-6/h7-14H,15-16H2,1-6H3. The van der Waals surface area contributed by atoms with Gasteiger partial charge in [-0.1, -0.05) is 24.3 Å². The van der Waals surface area contributed by atoms with Crippen molar-refractivity contribution in [1.82, 2.24) is 0 Å². The van der Waals surface area contributed by atoms with Crippen LogP contribution in [0, 0.1) is 0 Å². The number of furan rings is 2. The zero-order chi connectivity index (χ0) is 30.0. The minimum atomic E-state index is -0.258. The number of ketones is 2. The number of benzene rings is 3. The van der Waals surface area contributed by atoms with Crippen LogP contribution >= 0.6 is 0 Å². The molecule has 218 valence electrons. The van der Waals surface area contributed by atoms with Crippen LogP contribution in [0.15, 0.2) is 57.8 Å². The van der Waals surface area contributed by atoms with Crippen LogP contribution in [-0.2, 0) is 13.2 Å². The van der Waals surface area contributed by atoms with E-state index in [1.807, 2.05) is 24.3 Å². The molecule has 0 aliphatic carbocycles. The SMILES string of the molecule is COc1c(C(C)=O)c(OCc2ccccc2COc2c(C(C)=O)c(OC)c3ccoc3c2OC)c(OC)c2occc12. The maximum absolute atomic E-state index is 12.8. The van der Waals surface area contributed by atoms with Gasteiger partial charge in [-0.05, 0) is 37.1 Å². The summed E-state index contributed by atoms with van der Waals surface area (Å²) in [6.07, 6.45) is 2.99. The molecule has 42 heavy (non-hydrogen) atoms. The Kier molecular flexibility index (Phi) is 7.97. The van der Waals surface area contributed by atoms with Gasteiger partial charge in [0.2, 0.25) is 11.5 Å². The number of carbonyl (C=O) groups is 2. The van der Waals surface area contributed by atoms with Gasteiger partial charge in [-0.25, -0.2) is 0 Å². The molecule has 0 fully saturated rings. The zero-order valence-corrected chi connectivity index (χ0v) is 24.1. The molecule has 0 amide bonds. The second-order valence-corrected chi connectivity index (χ2v) is 9.33. The maximum atomic E-state index is 12.8. The quantitative estimate of drug-likeness (QED) is 0.148. The number of Topliss-reactive ketones (excluding diaryl/α,β-unsaturated/α-hetero) is 2. The first kappa shape index (κ1) is 28.4. The predicted molar refractivity (Wildman–Crippen MR) is 154 cm³/mol. The van der Waals surface area contributed by atoms with Gasteiger partial charge in [0.05, 0.1) is 51.7 Å². The number of hydrogen-bond donors (Lipinski definition) is 0. The van der Waals surface area contributed by atoms with Crippen molar-refractivity contribution in [3.8, 4) is 34.5 Å². The molecule has 0 atom stereocenters. The Labute approximate surface area is 241 Å². The Bertz CT molecular complexity index is 1660. The summed E-state index contributed by atoms with van der Waals surface area (Å²) in [6.45, 7) is 2.98. The Morgan fingerprint density at radius 1 is 0.571 bits per heavy atom. The summed E-state index contributed by atoms with van der Waals surface area (Å²) < 4.78 is 46.2. The molecule has 0 spiro atoms. The van der Waals surface area contributed by atoms with Crippen LogP contribution in [0.1, 0.15) is 45.7 Å². The van der Waals surface area contributed by atoms with E-state index in [-0.39, 0.29) is 58.9 Å². The highest BCUT2D eigenvalue weighted by molar-refractivity contribution is 6.09. The average molecular weight is 575 g/mol. The van der Waals surface area contributed by atoms with Crippen LogP contribution in [0.4, 0.5) is 0 Å². The lowest BCUT2D eigenvalue weighted by molar-refractivity contribution is 0.0995. The number of rotatable bonds is 12. The molecule has 0 aliphatic heterocycles. The van der Waals surface area contributed by atoms with Crippen molar-refractivity contribution in [3.63, 3.8) is 0 Å². The average Bonchev–Trinajstić information content (AvgIpc) is 3.67. The summed E-state index contributed by atoms with van der Waals surface area (Å²) in [7, 11) is 5.92. The third-order valence-corrected chi connectivity index (χ3v) is 6.94. The summed E-state index contributed by atoms with van der Waals surface area (Å²) in [6, 6.07) is 10.9. The lowest BCUT2D eigenvalue weighted by atomic mass is 10.0. The van der Waals surface area contributed by atoms with Gasteiger partial charge >= 0.3 is 0 Å². The Balaban J connectivity index is 1.51. The van der Waals surface area contributed by atoms with Crippen molar-refractivity contribution < 1.29 is 46.8 Å². The molecule has 0 saturated heterocycles. The molecule has 0 bridgehead atoms. The van der Waals surface area contributed by atoms with Crippen molar-refractivity contribution in [2.45, 2.75) is 27.1 Å². The third kappa shape index (κ3) is 4.74. The molecule has 0 aliphatic rings. The van der Waals surface area contributed by atoms with Crippen LogP contribution in [0.3, 0.4) is 0 Å². The summed E-state index contributed by atoms with van der Waals surface area (Å²) in [5.74, 6) is 1.13. The highest BCUT2D eigenvalue weighted by Crippen LogP contribution is 2.48. The molecule has 0 saturated carbocycles.